The van der Waals surface area contributed by atoms with Crippen molar-refractivity contribution in [2.24, 2.45) is 0 Å². The van der Waals surface area contributed by atoms with Gasteiger partial charge < -0.3 is 4.74 Å². The largest absolute Gasteiger partial charge is 0.356 e. The van der Waals surface area contributed by atoms with Gasteiger partial charge in [-0.05, 0) is 5.56 Å². The number of ether oxygens (including phenoxy) is 1. The van der Waals surface area contributed by atoms with Gasteiger partial charge in [-0.3, -0.25) is 14.9 Å². The van der Waals surface area contributed by atoms with Gasteiger partial charge in [-0.1, -0.05) is 62.2 Å². The third-order valence-corrected chi connectivity index (χ3v) is 4.19. The van der Waals surface area contributed by atoms with Crippen LogP contribution in [0.5, 0.6) is 0 Å². The van der Waals surface area contributed by atoms with E-state index in [4.69, 9.17) is 9.57 Å². The molecule has 1 aliphatic rings. The number of halogens is 2. The zero-order valence-corrected chi connectivity index (χ0v) is 13.7. The number of carbonyl (C=O) groups is 2. The first-order valence-corrected chi connectivity index (χ1v) is 7.27. The standard InChI is InChI=1S/C12H12Br2N2O4/c1-19-10-12(13,14)9(17)15-11(18)16(10)20-7-8-5-3-2-4-6-8/h2-6,10H,7H2,1H3,(H,15,17,18). The van der Waals surface area contributed by atoms with Crippen LogP contribution in [0.15, 0.2) is 30.3 Å². The van der Waals surface area contributed by atoms with Gasteiger partial charge in [0.1, 0.15) is 6.61 Å². The van der Waals surface area contributed by atoms with Crippen LogP contribution in [-0.2, 0) is 21.0 Å². The number of hydroxylamine groups is 2. The molecule has 1 saturated heterocycles. The maximum absolute atomic E-state index is 11.8. The van der Waals surface area contributed by atoms with E-state index in [0.29, 0.717) is 0 Å². The molecule has 1 atom stereocenters. The van der Waals surface area contributed by atoms with Gasteiger partial charge >= 0.3 is 6.03 Å². The van der Waals surface area contributed by atoms with Gasteiger partial charge in [0, 0.05) is 7.11 Å². The monoisotopic (exact) mass is 406 g/mol. The number of urea groups is 1. The Balaban J connectivity index is 2.12. The highest BCUT2D eigenvalue weighted by molar-refractivity contribution is 9.26. The second-order valence-electron chi connectivity index (χ2n) is 4.06. The molecule has 0 spiro atoms. The van der Waals surface area contributed by atoms with Crippen LogP contribution in [-0.4, -0.2) is 33.6 Å². The summed E-state index contributed by atoms with van der Waals surface area (Å²) in [5, 5.41) is 3.15. The van der Waals surface area contributed by atoms with Crippen molar-refractivity contribution in [1.29, 1.82) is 0 Å². The quantitative estimate of drug-likeness (QED) is 0.776. The number of nitrogens with one attached hydrogen (secondary N) is 1. The van der Waals surface area contributed by atoms with Crippen molar-refractivity contribution in [2.75, 3.05) is 7.11 Å². The van der Waals surface area contributed by atoms with E-state index in [-0.39, 0.29) is 6.61 Å². The molecule has 20 heavy (non-hydrogen) atoms. The summed E-state index contributed by atoms with van der Waals surface area (Å²) in [6.45, 7) is 0.179. The fourth-order valence-electron chi connectivity index (χ4n) is 1.69. The van der Waals surface area contributed by atoms with Crippen molar-refractivity contribution < 1.29 is 19.2 Å². The first-order valence-electron chi connectivity index (χ1n) is 5.69. The fraction of sp³-hybridized carbons (Fsp3) is 0.333. The van der Waals surface area contributed by atoms with E-state index in [1.807, 2.05) is 30.3 Å². The number of hydrogen-bond donors (Lipinski definition) is 1. The lowest BCUT2D eigenvalue weighted by molar-refractivity contribution is -0.223. The molecule has 2 rings (SSSR count). The second kappa shape index (κ2) is 6.21. The van der Waals surface area contributed by atoms with Crippen LogP contribution < -0.4 is 5.32 Å². The normalized spacial score (nSPS) is 21.8. The number of methoxy groups -OCH3 is 1. The highest BCUT2D eigenvalue weighted by atomic mass is 79.9. The fourth-order valence-corrected chi connectivity index (χ4v) is 2.63. The minimum atomic E-state index is -1.26. The predicted octanol–water partition coefficient (Wildman–Crippen LogP) is 2.13. The molecule has 108 valence electrons. The van der Waals surface area contributed by atoms with Gasteiger partial charge in [0.25, 0.3) is 5.91 Å². The van der Waals surface area contributed by atoms with E-state index in [1.54, 1.807) is 0 Å². The smallest absolute Gasteiger partial charge is 0.350 e. The molecule has 1 N–H and O–H groups in total. The van der Waals surface area contributed by atoms with Crippen LogP contribution >= 0.6 is 31.9 Å². The molecule has 0 aliphatic carbocycles. The van der Waals surface area contributed by atoms with Crippen molar-refractivity contribution in [2.45, 2.75) is 16.1 Å². The van der Waals surface area contributed by atoms with Crippen molar-refractivity contribution in [3.8, 4) is 0 Å². The molecule has 1 fully saturated rings. The van der Waals surface area contributed by atoms with Crippen molar-refractivity contribution in [3.05, 3.63) is 35.9 Å². The SMILES string of the molecule is COC1N(OCc2ccccc2)C(=O)NC(=O)C1(Br)Br. The molecule has 1 aliphatic heterocycles. The molecule has 1 aromatic rings. The Morgan fingerprint density at radius 1 is 1.30 bits per heavy atom. The predicted molar refractivity (Wildman–Crippen MR) is 78.0 cm³/mol. The summed E-state index contributed by atoms with van der Waals surface area (Å²) in [6.07, 6.45) is -0.938. The third-order valence-electron chi connectivity index (χ3n) is 2.68. The molecular weight excluding hydrogens is 396 g/mol. The number of amides is 3. The maximum Gasteiger partial charge on any atom is 0.350 e. The third kappa shape index (κ3) is 3.03. The summed E-state index contributed by atoms with van der Waals surface area (Å²) in [5.41, 5.74) is 0.891. The zero-order valence-electron chi connectivity index (χ0n) is 10.5. The number of nitrogens with zero attached hydrogens (tertiary/aromatic N) is 1. The summed E-state index contributed by atoms with van der Waals surface area (Å²) in [6, 6.07) is 8.67. The van der Waals surface area contributed by atoms with Gasteiger partial charge in [-0.25, -0.2) is 4.79 Å². The van der Waals surface area contributed by atoms with E-state index in [2.05, 4.69) is 37.2 Å². The summed E-state index contributed by atoms with van der Waals surface area (Å²) in [5.74, 6) is -0.547. The van der Waals surface area contributed by atoms with Gasteiger partial charge in [0.05, 0.1) is 0 Å². The Morgan fingerprint density at radius 2 is 1.95 bits per heavy atom. The topological polar surface area (TPSA) is 67.9 Å². The lowest BCUT2D eigenvalue weighted by Crippen LogP contribution is -2.65. The second-order valence-corrected chi connectivity index (χ2v) is 7.62. The van der Waals surface area contributed by atoms with E-state index in [1.165, 1.54) is 7.11 Å². The van der Waals surface area contributed by atoms with Crippen LogP contribution in [0.25, 0.3) is 0 Å². The van der Waals surface area contributed by atoms with Gasteiger partial charge in [0.2, 0.25) is 3.23 Å². The molecule has 1 unspecified atom stereocenters. The van der Waals surface area contributed by atoms with Crippen LogP contribution in [0.2, 0.25) is 0 Å². The van der Waals surface area contributed by atoms with E-state index in [0.717, 1.165) is 10.6 Å². The average Bonchev–Trinajstić information content (AvgIpc) is 2.42. The van der Waals surface area contributed by atoms with Crippen LogP contribution in [0.4, 0.5) is 4.79 Å². The lowest BCUT2D eigenvalue weighted by Gasteiger charge is -2.39. The minimum absolute atomic E-state index is 0.179. The average molecular weight is 408 g/mol. The highest BCUT2D eigenvalue weighted by Crippen LogP contribution is 2.37. The van der Waals surface area contributed by atoms with Gasteiger partial charge in [-0.2, -0.15) is 5.06 Å². The minimum Gasteiger partial charge on any atom is -0.356 e. The molecule has 0 aromatic heterocycles. The molecule has 0 saturated carbocycles. The number of alkyl halides is 2. The number of benzene rings is 1. The van der Waals surface area contributed by atoms with Gasteiger partial charge in [-0.15, -0.1) is 0 Å². The van der Waals surface area contributed by atoms with Crippen LogP contribution in [0, 0.1) is 0 Å². The van der Waals surface area contributed by atoms with Crippen molar-refractivity contribution in [1.82, 2.24) is 10.4 Å². The number of imide groups is 1. The Morgan fingerprint density at radius 3 is 2.55 bits per heavy atom. The summed E-state index contributed by atoms with van der Waals surface area (Å²) in [7, 11) is 1.38. The highest BCUT2D eigenvalue weighted by Gasteiger charge is 2.52. The molecule has 0 bridgehead atoms. The molecule has 1 heterocycles. The summed E-state index contributed by atoms with van der Waals surface area (Å²) >= 11 is 6.37. The number of rotatable bonds is 4. The number of carbonyl (C=O) groups excluding carboxylic acids is 2. The Kier molecular flexibility index (Phi) is 4.79. The molecule has 6 nitrogen and oxygen atoms in total. The summed E-state index contributed by atoms with van der Waals surface area (Å²) in [4.78, 5) is 29.0. The van der Waals surface area contributed by atoms with Crippen LogP contribution in [0.1, 0.15) is 5.56 Å². The first kappa shape index (κ1) is 15.4. The molecule has 8 heteroatoms. The van der Waals surface area contributed by atoms with E-state index < -0.39 is 21.4 Å². The van der Waals surface area contributed by atoms with Gasteiger partial charge in [0.15, 0.2) is 6.23 Å². The molecular formula is C12H12Br2N2O4. The Labute approximate surface area is 132 Å². The van der Waals surface area contributed by atoms with Crippen LogP contribution in [0.3, 0.4) is 0 Å². The van der Waals surface area contributed by atoms with E-state index in [9.17, 15) is 9.59 Å². The lowest BCUT2D eigenvalue weighted by atomic mass is 10.2. The first-order chi connectivity index (χ1) is 9.46. The van der Waals surface area contributed by atoms with E-state index >= 15 is 0 Å². The Bertz CT molecular complexity index is 509. The van der Waals surface area contributed by atoms with Crippen molar-refractivity contribution in [3.63, 3.8) is 0 Å². The number of hydrogen-bond acceptors (Lipinski definition) is 4. The molecule has 3 amide bonds. The molecule has 1 aromatic carbocycles. The Hall–Kier alpha value is -0.960. The maximum atomic E-state index is 11.8. The molecule has 0 radical (unpaired) electrons. The summed E-state index contributed by atoms with van der Waals surface area (Å²) < 4.78 is 3.91. The van der Waals surface area contributed by atoms with Crippen molar-refractivity contribution >= 4 is 43.8 Å². The zero-order chi connectivity index (χ0) is 14.8.